The fourth-order valence-electron chi connectivity index (χ4n) is 4.90. The molecule has 0 saturated carbocycles. The van der Waals surface area contributed by atoms with E-state index in [0.29, 0.717) is 55.0 Å². The molecule has 0 aromatic carbocycles. The monoisotopic (exact) mass is 471 g/mol. The zero-order chi connectivity index (χ0) is 23.4. The third-order valence-electron chi connectivity index (χ3n) is 6.87. The molecule has 3 aromatic rings. The summed E-state index contributed by atoms with van der Waals surface area (Å²) in [6, 6.07) is 5.40. The van der Waals surface area contributed by atoms with Gasteiger partial charge in [-0.05, 0) is 25.1 Å². The first kappa shape index (κ1) is 21.5. The SMILES string of the molecule is CC1=Nc2ccc(-c3ccn4nc(N[C@H]5CN(C6COC6)C[C@H]5F)ncc34)nc2C1CC(F)F. The second-order valence-electron chi connectivity index (χ2n) is 9.09. The molecular weight excluding hydrogens is 447 g/mol. The van der Waals surface area contributed by atoms with Crippen LogP contribution in [0.15, 0.2) is 35.6 Å². The Morgan fingerprint density at radius 2 is 2.06 bits per heavy atom. The first-order valence-electron chi connectivity index (χ1n) is 11.4. The number of likely N-dealkylation sites (tertiary alicyclic amines) is 1. The summed E-state index contributed by atoms with van der Waals surface area (Å²) in [6.45, 7) is 4.02. The summed E-state index contributed by atoms with van der Waals surface area (Å²) >= 11 is 0. The van der Waals surface area contributed by atoms with Crippen molar-refractivity contribution in [2.24, 2.45) is 4.99 Å². The van der Waals surface area contributed by atoms with Crippen LogP contribution in [0.3, 0.4) is 0 Å². The van der Waals surface area contributed by atoms with Gasteiger partial charge in [-0.3, -0.25) is 9.89 Å². The predicted octanol–water partition coefficient (Wildman–Crippen LogP) is 3.47. The molecule has 1 unspecified atom stereocenters. The zero-order valence-corrected chi connectivity index (χ0v) is 18.5. The highest BCUT2D eigenvalue weighted by atomic mass is 19.3. The van der Waals surface area contributed by atoms with E-state index >= 15 is 0 Å². The van der Waals surface area contributed by atoms with Crippen LogP contribution in [0.25, 0.3) is 16.8 Å². The summed E-state index contributed by atoms with van der Waals surface area (Å²) in [7, 11) is 0. The van der Waals surface area contributed by atoms with Gasteiger partial charge in [0.15, 0.2) is 0 Å². The van der Waals surface area contributed by atoms with Crippen LogP contribution in [0.5, 0.6) is 0 Å². The Balaban J connectivity index is 1.23. The maximum absolute atomic E-state index is 14.6. The number of aliphatic imine (C=N–C) groups is 1. The van der Waals surface area contributed by atoms with E-state index in [1.54, 1.807) is 23.8 Å². The number of fused-ring (bicyclic) bond motifs is 2. The number of hydrogen-bond donors (Lipinski definition) is 1. The van der Waals surface area contributed by atoms with Gasteiger partial charge in [-0.2, -0.15) is 0 Å². The van der Waals surface area contributed by atoms with Gasteiger partial charge < -0.3 is 10.1 Å². The molecule has 3 aromatic heterocycles. The fraction of sp³-hybridized carbons (Fsp3) is 0.478. The molecule has 6 heterocycles. The van der Waals surface area contributed by atoms with E-state index in [4.69, 9.17) is 4.74 Å². The maximum Gasteiger partial charge on any atom is 0.241 e. The summed E-state index contributed by atoms with van der Waals surface area (Å²) in [5, 5.41) is 7.62. The highest BCUT2D eigenvalue weighted by Gasteiger charge is 2.39. The summed E-state index contributed by atoms with van der Waals surface area (Å²) in [6.07, 6.45) is -0.293. The van der Waals surface area contributed by atoms with E-state index in [0.717, 1.165) is 11.1 Å². The molecule has 8 nitrogen and oxygen atoms in total. The largest absolute Gasteiger partial charge is 0.378 e. The number of nitrogens with one attached hydrogen (secondary N) is 1. The van der Waals surface area contributed by atoms with Crippen LogP contribution in [0.2, 0.25) is 0 Å². The second kappa shape index (κ2) is 8.31. The van der Waals surface area contributed by atoms with Crippen molar-refractivity contribution in [2.45, 2.75) is 43.9 Å². The van der Waals surface area contributed by atoms with Crippen molar-refractivity contribution in [3.05, 3.63) is 36.3 Å². The smallest absolute Gasteiger partial charge is 0.241 e. The van der Waals surface area contributed by atoms with Crippen LogP contribution in [-0.4, -0.2) is 81.2 Å². The van der Waals surface area contributed by atoms with Crippen molar-refractivity contribution in [1.29, 1.82) is 0 Å². The number of nitrogens with zero attached hydrogens (tertiary/aromatic N) is 6. The normalized spacial score (nSPS) is 25.1. The molecule has 11 heteroatoms. The molecule has 3 aliphatic heterocycles. The molecule has 6 rings (SSSR count). The van der Waals surface area contributed by atoms with Gasteiger partial charge in [-0.15, -0.1) is 5.10 Å². The second-order valence-corrected chi connectivity index (χ2v) is 9.09. The summed E-state index contributed by atoms with van der Waals surface area (Å²) in [5.74, 6) is -0.140. The van der Waals surface area contributed by atoms with E-state index in [9.17, 15) is 13.2 Å². The molecule has 178 valence electrons. The van der Waals surface area contributed by atoms with E-state index in [1.165, 1.54) is 0 Å². The van der Waals surface area contributed by atoms with Gasteiger partial charge in [0.1, 0.15) is 6.17 Å². The maximum atomic E-state index is 14.6. The lowest BCUT2D eigenvalue weighted by Crippen LogP contribution is -2.48. The van der Waals surface area contributed by atoms with Crippen LogP contribution < -0.4 is 5.32 Å². The van der Waals surface area contributed by atoms with Gasteiger partial charge in [0.25, 0.3) is 0 Å². The number of rotatable bonds is 6. The molecule has 1 N–H and O–H groups in total. The van der Waals surface area contributed by atoms with Crippen molar-refractivity contribution < 1.29 is 17.9 Å². The van der Waals surface area contributed by atoms with E-state index in [-0.39, 0.29) is 18.5 Å². The number of anilines is 1. The van der Waals surface area contributed by atoms with Crippen molar-refractivity contribution >= 4 is 22.9 Å². The molecule has 2 fully saturated rings. The lowest BCUT2D eigenvalue weighted by molar-refractivity contribution is -0.0585. The number of halogens is 3. The quantitative estimate of drug-likeness (QED) is 0.593. The molecule has 3 aliphatic rings. The Morgan fingerprint density at radius 3 is 2.82 bits per heavy atom. The summed E-state index contributed by atoms with van der Waals surface area (Å²) in [5.41, 5.74) is 4.02. The molecule has 0 spiro atoms. The van der Waals surface area contributed by atoms with Crippen molar-refractivity contribution in [1.82, 2.24) is 24.5 Å². The number of aromatic nitrogens is 4. The third kappa shape index (κ3) is 3.72. The minimum atomic E-state index is -2.43. The highest BCUT2D eigenvalue weighted by Crippen LogP contribution is 2.39. The molecule has 3 atom stereocenters. The van der Waals surface area contributed by atoms with Crippen LogP contribution in [0.1, 0.15) is 25.0 Å². The van der Waals surface area contributed by atoms with Gasteiger partial charge in [-0.25, -0.2) is 27.7 Å². The van der Waals surface area contributed by atoms with Crippen molar-refractivity contribution in [3.63, 3.8) is 0 Å². The molecule has 34 heavy (non-hydrogen) atoms. The van der Waals surface area contributed by atoms with E-state index in [2.05, 4.69) is 30.3 Å². The van der Waals surface area contributed by atoms with Gasteiger partial charge in [0, 0.05) is 42.9 Å². The predicted molar refractivity (Wildman–Crippen MR) is 121 cm³/mol. The van der Waals surface area contributed by atoms with Crippen LogP contribution in [0.4, 0.5) is 24.8 Å². The first-order valence-corrected chi connectivity index (χ1v) is 11.4. The number of hydrogen-bond acceptors (Lipinski definition) is 7. The Morgan fingerprint density at radius 1 is 1.21 bits per heavy atom. The lowest BCUT2D eigenvalue weighted by Gasteiger charge is -2.34. The zero-order valence-electron chi connectivity index (χ0n) is 18.5. The van der Waals surface area contributed by atoms with Gasteiger partial charge in [0.05, 0.1) is 54.1 Å². The Hall–Kier alpha value is -3.05. The topological polar surface area (TPSA) is 79.9 Å². The molecule has 0 bridgehead atoms. The first-order chi connectivity index (χ1) is 16.5. The van der Waals surface area contributed by atoms with Gasteiger partial charge in [0.2, 0.25) is 12.4 Å². The van der Waals surface area contributed by atoms with Crippen LogP contribution >= 0.6 is 0 Å². The molecule has 0 amide bonds. The van der Waals surface area contributed by atoms with Gasteiger partial charge >= 0.3 is 0 Å². The lowest BCUT2D eigenvalue weighted by atomic mass is 9.97. The number of alkyl halides is 3. The highest BCUT2D eigenvalue weighted by molar-refractivity contribution is 5.96. The average Bonchev–Trinajstić information content (AvgIpc) is 3.42. The van der Waals surface area contributed by atoms with Crippen molar-refractivity contribution in [3.8, 4) is 11.3 Å². The average molecular weight is 471 g/mol. The number of ether oxygens (including phenoxy) is 1. The van der Waals surface area contributed by atoms with Crippen LogP contribution in [-0.2, 0) is 4.74 Å². The molecule has 0 aliphatic carbocycles. The Labute approximate surface area is 193 Å². The summed E-state index contributed by atoms with van der Waals surface area (Å²) in [4.78, 5) is 15.6. The van der Waals surface area contributed by atoms with Crippen molar-refractivity contribution in [2.75, 3.05) is 31.6 Å². The molecule has 2 saturated heterocycles. The Bertz CT molecular complexity index is 1260. The Kier molecular flexibility index (Phi) is 5.25. The van der Waals surface area contributed by atoms with Crippen LogP contribution in [0, 0.1) is 0 Å². The molecular formula is C23H24F3N7O. The minimum absolute atomic E-state index is 0.287. The third-order valence-corrected chi connectivity index (χ3v) is 6.87. The number of pyridine rings is 1. The standard InChI is InChI=1S/C23H24F3N7O/c1-12-15(6-21(25)26)22-18(28-12)3-2-17(29-22)14-4-5-33-20(14)7-27-23(31-33)30-19-9-32(8-16(19)24)13-10-34-11-13/h2-5,7,13,15-16,19,21H,6,8-11H2,1H3,(H,30,31)/t15?,16-,19+/m1/s1. The van der Waals surface area contributed by atoms with Gasteiger partial charge in [-0.1, -0.05) is 0 Å². The van der Waals surface area contributed by atoms with E-state index in [1.807, 2.05) is 18.2 Å². The minimum Gasteiger partial charge on any atom is -0.378 e. The van der Waals surface area contributed by atoms with E-state index < -0.39 is 18.5 Å². The fourth-order valence-corrected chi connectivity index (χ4v) is 4.90. The molecule has 0 radical (unpaired) electrons. The summed E-state index contributed by atoms with van der Waals surface area (Å²) < 4.78 is 47.6.